The quantitative estimate of drug-likeness (QED) is 0.158. The number of benzene rings is 1. The number of alkyl carbamates (subject to hydrolysis) is 1. The number of hydrogen-bond acceptors (Lipinski definition) is 10. The van der Waals surface area contributed by atoms with Crippen LogP contribution in [0.4, 0.5) is 9.59 Å². The van der Waals surface area contributed by atoms with Crippen LogP contribution < -0.4 is 16.0 Å². The Labute approximate surface area is 303 Å². The fraction of sp³-hybridized carbons (Fsp3) is 0.629. The van der Waals surface area contributed by atoms with Crippen LogP contribution in [0, 0.1) is 5.92 Å². The number of urea groups is 1. The van der Waals surface area contributed by atoms with Crippen LogP contribution in [-0.4, -0.2) is 114 Å². The van der Waals surface area contributed by atoms with Crippen molar-refractivity contribution in [2.45, 2.75) is 128 Å². The lowest BCUT2D eigenvalue weighted by Gasteiger charge is -2.42. The SMILES string of the molecule is CC[C@H](C)[C@H](NC(=O)OC(C)(C)C)C(=O)NC(C=O)C[C@@](Cc1ccccc1)(C(=O)O)N1C(=O)N(C2CCCCC2)C[C@H]1C(=O)NCc1nn[nH]n1. The Kier molecular flexibility index (Phi) is 13.3. The number of hydrogen-bond donors (Lipinski definition) is 5. The van der Waals surface area contributed by atoms with Crippen molar-refractivity contribution in [3.8, 4) is 0 Å². The van der Waals surface area contributed by atoms with Crippen molar-refractivity contribution >= 4 is 36.2 Å². The largest absolute Gasteiger partial charge is 0.479 e. The molecule has 1 aromatic heterocycles. The Morgan fingerprint density at radius 3 is 2.37 bits per heavy atom. The molecule has 4 rings (SSSR count). The normalized spacial score (nSPS) is 19.6. The van der Waals surface area contributed by atoms with Crippen LogP contribution >= 0.6 is 0 Å². The van der Waals surface area contributed by atoms with Crippen LogP contribution in [0.2, 0.25) is 0 Å². The number of amides is 5. The van der Waals surface area contributed by atoms with E-state index in [0.717, 1.165) is 24.2 Å². The van der Waals surface area contributed by atoms with Crippen LogP contribution in [0.25, 0.3) is 0 Å². The summed E-state index contributed by atoms with van der Waals surface area (Å²) in [7, 11) is 0. The summed E-state index contributed by atoms with van der Waals surface area (Å²) >= 11 is 0. The van der Waals surface area contributed by atoms with E-state index >= 15 is 0 Å². The fourth-order valence-electron chi connectivity index (χ4n) is 6.90. The molecule has 2 heterocycles. The van der Waals surface area contributed by atoms with Crippen molar-refractivity contribution in [2.24, 2.45) is 5.92 Å². The first-order valence-electron chi connectivity index (χ1n) is 17.8. The summed E-state index contributed by atoms with van der Waals surface area (Å²) in [5.74, 6) is -3.05. The van der Waals surface area contributed by atoms with Gasteiger partial charge in [-0.15, -0.1) is 10.2 Å². The minimum Gasteiger partial charge on any atom is -0.479 e. The molecule has 1 aromatic carbocycles. The van der Waals surface area contributed by atoms with Crippen molar-refractivity contribution in [1.29, 1.82) is 0 Å². The molecule has 1 saturated heterocycles. The fourth-order valence-corrected chi connectivity index (χ4v) is 6.90. The number of carboxylic acid groups (broad SMARTS) is 1. The maximum absolute atomic E-state index is 14.6. The number of tetrazole rings is 1. The van der Waals surface area contributed by atoms with Crippen LogP contribution in [0.3, 0.4) is 0 Å². The predicted octanol–water partition coefficient (Wildman–Crippen LogP) is 2.33. The molecule has 52 heavy (non-hydrogen) atoms. The topological polar surface area (TPSA) is 229 Å². The molecule has 5 amide bonds. The number of aldehydes is 1. The number of carbonyl (C=O) groups excluding carboxylic acids is 5. The zero-order valence-electron chi connectivity index (χ0n) is 30.5. The Morgan fingerprint density at radius 1 is 1.10 bits per heavy atom. The third-order valence-corrected chi connectivity index (χ3v) is 9.68. The first-order valence-corrected chi connectivity index (χ1v) is 17.8. The lowest BCUT2D eigenvalue weighted by molar-refractivity contribution is -0.153. The first kappa shape index (κ1) is 39.7. The highest BCUT2D eigenvalue weighted by molar-refractivity contribution is 5.96. The van der Waals surface area contributed by atoms with Crippen molar-refractivity contribution in [2.75, 3.05) is 6.54 Å². The van der Waals surface area contributed by atoms with Gasteiger partial charge in [-0.05, 0) is 45.1 Å². The minimum absolute atomic E-state index is 0.0839. The number of rotatable bonds is 16. The molecular formula is C35H51N9O8. The monoisotopic (exact) mass is 725 g/mol. The zero-order valence-corrected chi connectivity index (χ0v) is 30.5. The summed E-state index contributed by atoms with van der Waals surface area (Å²) in [6.07, 6.45) is 3.35. The molecule has 1 saturated carbocycles. The van der Waals surface area contributed by atoms with Gasteiger partial charge in [0.2, 0.25) is 11.8 Å². The van der Waals surface area contributed by atoms with Crippen LogP contribution in [0.5, 0.6) is 0 Å². The van der Waals surface area contributed by atoms with Gasteiger partial charge in [-0.1, -0.05) is 75.1 Å². The molecule has 2 aliphatic rings. The zero-order chi connectivity index (χ0) is 38.1. The molecule has 17 nitrogen and oxygen atoms in total. The Hall–Kier alpha value is -5.09. The molecular weight excluding hydrogens is 674 g/mol. The molecule has 284 valence electrons. The van der Waals surface area contributed by atoms with Gasteiger partial charge >= 0.3 is 18.1 Å². The minimum atomic E-state index is -2.20. The van der Waals surface area contributed by atoms with E-state index < -0.39 is 71.5 Å². The first-order chi connectivity index (χ1) is 24.7. The standard InChI is InChI=1S/C35H51N9O8/c1-6-22(2)28(38-32(50)52-34(3,4)5)30(47)37-24(21-45)18-35(31(48)49,17-23-13-9-7-10-14-23)44-26(29(46)36-19-27-39-41-42-40-27)20-43(33(44)51)25-15-11-8-12-16-25/h7,9-10,13-14,21-22,24-26,28H,6,8,11-12,15-20H2,1-5H3,(H,36,46)(H,37,47)(H,38,50)(H,48,49)(H,39,40,41,42)/t22-,24?,26-,28-,35-/m0/s1. The van der Waals surface area contributed by atoms with E-state index in [1.807, 2.05) is 6.92 Å². The summed E-state index contributed by atoms with van der Waals surface area (Å²) in [5.41, 5.74) is -2.51. The van der Waals surface area contributed by atoms with Crippen molar-refractivity contribution in [1.82, 2.24) is 46.4 Å². The number of aliphatic carboxylic acids is 1. The number of aromatic nitrogens is 4. The van der Waals surface area contributed by atoms with Crippen LogP contribution in [-0.2, 0) is 36.9 Å². The summed E-state index contributed by atoms with van der Waals surface area (Å²) in [6.45, 7) is 8.40. The highest BCUT2D eigenvalue weighted by atomic mass is 16.6. The number of aromatic amines is 1. The van der Waals surface area contributed by atoms with Crippen LogP contribution in [0.15, 0.2) is 30.3 Å². The smallest absolute Gasteiger partial charge is 0.408 e. The number of carboxylic acids is 1. The second kappa shape index (κ2) is 17.4. The van der Waals surface area contributed by atoms with E-state index in [-0.39, 0.29) is 31.4 Å². The van der Waals surface area contributed by atoms with Gasteiger partial charge in [0.1, 0.15) is 29.5 Å². The Bertz CT molecular complexity index is 1540. The molecule has 2 aromatic rings. The molecule has 0 spiro atoms. The molecule has 5 N–H and O–H groups in total. The Morgan fingerprint density at radius 2 is 1.79 bits per heavy atom. The van der Waals surface area contributed by atoms with Gasteiger partial charge in [0.15, 0.2) is 5.82 Å². The number of carbonyl (C=O) groups is 6. The van der Waals surface area contributed by atoms with E-state index in [4.69, 9.17) is 4.74 Å². The second-order valence-corrected chi connectivity index (χ2v) is 14.6. The van der Waals surface area contributed by atoms with Gasteiger partial charge in [0, 0.05) is 18.9 Å². The Balaban J connectivity index is 1.74. The van der Waals surface area contributed by atoms with Gasteiger partial charge in [-0.3, -0.25) is 14.5 Å². The second-order valence-electron chi connectivity index (χ2n) is 14.6. The van der Waals surface area contributed by atoms with Crippen molar-refractivity contribution < 1.29 is 38.6 Å². The van der Waals surface area contributed by atoms with Crippen molar-refractivity contribution in [3.05, 3.63) is 41.7 Å². The lowest BCUT2D eigenvalue weighted by Crippen LogP contribution is -2.65. The van der Waals surface area contributed by atoms with E-state index in [9.17, 15) is 33.9 Å². The molecule has 2 fully saturated rings. The molecule has 1 unspecified atom stereocenters. The van der Waals surface area contributed by atoms with Gasteiger partial charge in [-0.25, -0.2) is 14.4 Å². The molecule has 5 atom stereocenters. The van der Waals surface area contributed by atoms with Gasteiger partial charge in [-0.2, -0.15) is 5.21 Å². The molecule has 1 aliphatic heterocycles. The van der Waals surface area contributed by atoms with Crippen molar-refractivity contribution in [3.63, 3.8) is 0 Å². The third-order valence-electron chi connectivity index (χ3n) is 9.68. The summed E-state index contributed by atoms with van der Waals surface area (Å²) in [5, 5.41) is 32.6. The van der Waals surface area contributed by atoms with E-state index in [0.29, 0.717) is 31.1 Å². The molecule has 0 bridgehead atoms. The number of nitrogens with zero attached hydrogens (tertiary/aromatic N) is 5. The van der Waals surface area contributed by atoms with Crippen LogP contribution in [0.1, 0.15) is 91.0 Å². The maximum Gasteiger partial charge on any atom is 0.408 e. The summed E-state index contributed by atoms with van der Waals surface area (Å²) in [4.78, 5) is 84.3. The highest BCUT2D eigenvalue weighted by Crippen LogP contribution is 2.37. The summed E-state index contributed by atoms with van der Waals surface area (Å²) < 4.78 is 5.36. The van der Waals surface area contributed by atoms with E-state index in [2.05, 4.69) is 36.6 Å². The average molecular weight is 726 g/mol. The number of nitrogens with one attached hydrogen (secondary N) is 4. The van der Waals surface area contributed by atoms with Gasteiger partial charge in [0.25, 0.3) is 0 Å². The van der Waals surface area contributed by atoms with E-state index in [1.165, 1.54) is 0 Å². The summed E-state index contributed by atoms with van der Waals surface area (Å²) in [6, 6.07) is 3.86. The van der Waals surface area contributed by atoms with Gasteiger partial charge < -0.3 is 35.5 Å². The van der Waals surface area contributed by atoms with E-state index in [1.54, 1.807) is 62.9 Å². The predicted molar refractivity (Wildman–Crippen MR) is 186 cm³/mol. The molecule has 17 heteroatoms. The number of ether oxygens (including phenoxy) is 1. The number of H-pyrrole nitrogens is 1. The highest BCUT2D eigenvalue weighted by Gasteiger charge is 2.58. The average Bonchev–Trinajstić information content (AvgIpc) is 3.76. The lowest BCUT2D eigenvalue weighted by atomic mass is 9.82. The van der Waals surface area contributed by atoms with Gasteiger partial charge in [0.05, 0.1) is 19.1 Å². The maximum atomic E-state index is 14.6. The molecule has 0 radical (unpaired) electrons. The third kappa shape index (κ3) is 9.82. The molecule has 1 aliphatic carbocycles.